The molecule has 2 aromatic heterocycles. The number of carbonyl (C=O) groups excluding carboxylic acids is 1. The molecule has 0 spiro atoms. The lowest BCUT2D eigenvalue weighted by atomic mass is 9.96. The number of fused-ring (bicyclic) bond motifs is 1. The van der Waals surface area contributed by atoms with Gasteiger partial charge in [0.25, 0.3) is 0 Å². The van der Waals surface area contributed by atoms with Gasteiger partial charge < -0.3 is 11.5 Å². The van der Waals surface area contributed by atoms with Gasteiger partial charge in [-0.25, -0.2) is 4.98 Å². The maximum absolute atomic E-state index is 13.0. The van der Waals surface area contributed by atoms with E-state index < -0.39 is 0 Å². The van der Waals surface area contributed by atoms with E-state index >= 15 is 0 Å². The molecule has 0 aliphatic rings. The highest BCUT2D eigenvalue weighted by Crippen LogP contribution is 2.43. The summed E-state index contributed by atoms with van der Waals surface area (Å²) in [5.41, 5.74) is 16.1. The number of aryl methyl sites for hydroxylation is 1. The van der Waals surface area contributed by atoms with E-state index in [0.29, 0.717) is 31.9 Å². The Morgan fingerprint density at radius 1 is 1.07 bits per heavy atom. The summed E-state index contributed by atoms with van der Waals surface area (Å²) in [7, 11) is 0. The number of pyridine rings is 1. The second-order valence-electron chi connectivity index (χ2n) is 6.45. The van der Waals surface area contributed by atoms with E-state index in [1.807, 2.05) is 37.3 Å². The fourth-order valence-electron chi connectivity index (χ4n) is 3.18. The zero-order valence-electron chi connectivity index (χ0n) is 15.1. The van der Waals surface area contributed by atoms with E-state index in [1.54, 1.807) is 24.3 Å². The molecule has 0 unspecified atom stereocenters. The van der Waals surface area contributed by atoms with Crippen LogP contribution in [0.25, 0.3) is 21.3 Å². The number of thiophene rings is 1. The quantitative estimate of drug-likeness (QED) is 0.505. The fraction of sp³-hybridized carbons (Fsp3) is 0.0455. The summed E-state index contributed by atoms with van der Waals surface area (Å²) in [4.78, 5) is 18.3. The molecule has 4 aromatic rings. The van der Waals surface area contributed by atoms with Crippen molar-refractivity contribution in [2.45, 2.75) is 6.92 Å². The third-order valence-electron chi connectivity index (χ3n) is 4.60. The molecule has 0 fully saturated rings. The lowest BCUT2D eigenvalue weighted by molar-refractivity contribution is 0.104. The second-order valence-corrected chi connectivity index (χ2v) is 7.44. The van der Waals surface area contributed by atoms with Crippen molar-refractivity contribution < 1.29 is 4.79 Å². The number of nitriles is 1. The summed E-state index contributed by atoms with van der Waals surface area (Å²) < 4.78 is 0. The van der Waals surface area contributed by atoms with Crippen LogP contribution in [0.4, 0.5) is 11.5 Å². The molecule has 4 rings (SSSR count). The summed E-state index contributed by atoms with van der Waals surface area (Å²) >= 11 is 1.20. The van der Waals surface area contributed by atoms with Crippen LogP contribution < -0.4 is 11.5 Å². The summed E-state index contributed by atoms with van der Waals surface area (Å²) in [5.74, 6) is -0.0430. The molecule has 0 saturated carbocycles. The van der Waals surface area contributed by atoms with E-state index in [-0.39, 0.29) is 17.2 Å². The van der Waals surface area contributed by atoms with Gasteiger partial charge in [0.1, 0.15) is 27.2 Å². The Balaban J connectivity index is 2.03. The van der Waals surface area contributed by atoms with Crippen LogP contribution in [-0.4, -0.2) is 10.8 Å². The average Bonchev–Trinajstić information content (AvgIpc) is 3.03. The van der Waals surface area contributed by atoms with Crippen LogP contribution in [0.3, 0.4) is 0 Å². The standard InChI is InChI=1S/C22H16N4OS/c1-12-7-9-13(10-8-12)16-15(11-23)21(25)26-22-17(16)18(24)20(28-22)19(27)14-5-3-2-4-6-14/h2-10H,24H2,1H3,(H2,25,26). The fourth-order valence-corrected chi connectivity index (χ4v) is 4.26. The molecule has 0 radical (unpaired) electrons. The van der Waals surface area contributed by atoms with Gasteiger partial charge >= 0.3 is 0 Å². The first-order valence-corrected chi connectivity index (χ1v) is 9.41. The van der Waals surface area contributed by atoms with Gasteiger partial charge in [0.05, 0.1) is 5.69 Å². The normalized spacial score (nSPS) is 10.7. The molecular formula is C22H16N4OS. The van der Waals surface area contributed by atoms with Gasteiger partial charge in [-0.05, 0) is 12.5 Å². The maximum atomic E-state index is 13.0. The van der Waals surface area contributed by atoms with Crippen molar-refractivity contribution in [3.63, 3.8) is 0 Å². The smallest absolute Gasteiger partial charge is 0.205 e. The van der Waals surface area contributed by atoms with Crippen molar-refractivity contribution in [1.82, 2.24) is 4.98 Å². The van der Waals surface area contributed by atoms with Crippen molar-refractivity contribution in [3.8, 4) is 17.2 Å². The first-order valence-electron chi connectivity index (χ1n) is 8.59. The zero-order valence-corrected chi connectivity index (χ0v) is 15.9. The average molecular weight is 384 g/mol. The number of aromatic nitrogens is 1. The van der Waals surface area contributed by atoms with E-state index in [1.165, 1.54) is 11.3 Å². The number of carbonyl (C=O) groups is 1. The number of anilines is 2. The van der Waals surface area contributed by atoms with Crippen LogP contribution in [0.2, 0.25) is 0 Å². The SMILES string of the molecule is Cc1ccc(-c2c(C#N)c(N)nc3sc(C(=O)c4ccccc4)c(N)c23)cc1. The number of nitrogens with zero attached hydrogens (tertiary/aromatic N) is 2. The molecule has 5 nitrogen and oxygen atoms in total. The molecule has 28 heavy (non-hydrogen) atoms. The van der Waals surface area contributed by atoms with Crippen LogP contribution in [0.1, 0.15) is 26.4 Å². The van der Waals surface area contributed by atoms with Crippen molar-refractivity contribution in [2.75, 3.05) is 11.5 Å². The first-order chi connectivity index (χ1) is 13.5. The van der Waals surface area contributed by atoms with E-state index in [0.717, 1.165) is 11.1 Å². The number of rotatable bonds is 3. The third kappa shape index (κ3) is 2.79. The Labute approximate surface area is 165 Å². The minimum absolute atomic E-state index is 0.130. The molecule has 0 bridgehead atoms. The Kier molecular flexibility index (Phi) is 4.30. The van der Waals surface area contributed by atoms with Gasteiger partial charge in [-0.15, -0.1) is 11.3 Å². The molecule has 2 heterocycles. The van der Waals surface area contributed by atoms with Crippen LogP contribution in [0.15, 0.2) is 54.6 Å². The molecule has 0 aliphatic heterocycles. The van der Waals surface area contributed by atoms with Gasteiger partial charge in [-0.1, -0.05) is 60.2 Å². The number of nitrogen functional groups attached to an aromatic ring is 2. The van der Waals surface area contributed by atoms with Gasteiger partial charge in [0.2, 0.25) is 5.78 Å². The first kappa shape index (κ1) is 17.7. The van der Waals surface area contributed by atoms with Crippen molar-refractivity contribution in [1.29, 1.82) is 5.26 Å². The molecule has 0 atom stereocenters. The van der Waals surface area contributed by atoms with E-state index in [4.69, 9.17) is 11.5 Å². The van der Waals surface area contributed by atoms with Crippen molar-refractivity contribution >= 4 is 38.8 Å². The lowest BCUT2D eigenvalue weighted by Crippen LogP contribution is -2.02. The molecule has 2 aromatic carbocycles. The number of nitrogens with two attached hydrogens (primary N) is 2. The van der Waals surface area contributed by atoms with Gasteiger partial charge in [0.15, 0.2) is 0 Å². The minimum atomic E-state index is -0.173. The molecule has 4 N–H and O–H groups in total. The Morgan fingerprint density at radius 2 is 1.75 bits per heavy atom. The number of benzene rings is 2. The lowest BCUT2D eigenvalue weighted by Gasteiger charge is -2.10. The molecular weight excluding hydrogens is 368 g/mol. The highest BCUT2D eigenvalue weighted by molar-refractivity contribution is 7.21. The Hall–Kier alpha value is -3.69. The predicted octanol–water partition coefficient (Wildman–Crippen LogP) is 4.54. The van der Waals surface area contributed by atoms with Crippen LogP contribution >= 0.6 is 11.3 Å². The maximum Gasteiger partial charge on any atom is 0.205 e. The van der Waals surface area contributed by atoms with Crippen LogP contribution in [0, 0.1) is 18.3 Å². The van der Waals surface area contributed by atoms with E-state index in [2.05, 4.69) is 11.1 Å². The predicted molar refractivity (Wildman–Crippen MR) is 113 cm³/mol. The summed E-state index contributed by atoms with van der Waals surface area (Å²) in [6.07, 6.45) is 0. The van der Waals surface area contributed by atoms with Gasteiger partial charge in [0, 0.05) is 16.5 Å². The minimum Gasteiger partial charge on any atom is -0.397 e. The van der Waals surface area contributed by atoms with Crippen molar-refractivity contribution in [2.24, 2.45) is 0 Å². The molecule has 0 amide bonds. The summed E-state index contributed by atoms with van der Waals surface area (Å²) in [5, 5.41) is 10.3. The number of ketones is 1. The largest absolute Gasteiger partial charge is 0.397 e. The summed E-state index contributed by atoms with van der Waals surface area (Å²) in [6, 6.07) is 18.8. The molecule has 0 saturated heterocycles. The second kappa shape index (κ2) is 6.80. The van der Waals surface area contributed by atoms with Gasteiger partial charge in [-0.3, -0.25) is 4.79 Å². The number of hydrogen-bond acceptors (Lipinski definition) is 6. The molecule has 6 heteroatoms. The molecule has 0 aliphatic carbocycles. The molecule has 136 valence electrons. The highest BCUT2D eigenvalue weighted by Gasteiger charge is 2.24. The van der Waals surface area contributed by atoms with Crippen LogP contribution in [0.5, 0.6) is 0 Å². The highest BCUT2D eigenvalue weighted by atomic mass is 32.1. The monoisotopic (exact) mass is 384 g/mol. The Morgan fingerprint density at radius 3 is 2.39 bits per heavy atom. The Bertz CT molecular complexity index is 1250. The zero-order chi connectivity index (χ0) is 19.8. The topological polar surface area (TPSA) is 106 Å². The van der Waals surface area contributed by atoms with E-state index in [9.17, 15) is 10.1 Å². The third-order valence-corrected chi connectivity index (χ3v) is 5.70. The van der Waals surface area contributed by atoms with Gasteiger partial charge in [-0.2, -0.15) is 5.26 Å². The van der Waals surface area contributed by atoms with Crippen molar-refractivity contribution in [3.05, 3.63) is 76.2 Å². The van der Waals surface area contributed by atoms with Crippen LogP contribution in [-0.2, 0) is 0 Å². The summed E-state index contributed by atoms with van der Waals surface area (Å²) in [6.45, 7) is 1.99. The number of hydrogen-bond donors (Lipinski definition) is 2.